The molecular formula is C14H14ClNO2S. The third-order valence-electron chi connectivity index (χ3n) is 3.66. The highest BCUT2D eigenvalue weighted by molar-refractivity contribution is 7.21. The van der Waals surface area contributed by atoms with E-state index in [1.165, 1.54) is 11.3 Å². The maximum Gasteiger partial charge on any atom is 0.262 e. The summed E-state index contributed by atoms with van der Waals surface area (Å²) < 4.78 is 1.01. The van der Waals surface area contributed by atoms with Crippen LogP contribution < -0.4 is 5.32 Å². The van der Waals surface area contributed by atoms with Gasteiger partial charge in [0.1, 0.15) is 4.88 Å². The molecule has 1 aliphatic rings. The van der Waals surface area contributed by atoms with Gasteiger partial charge in [0.2, 0.25) is 0 Å². The van der Waals surface area contributed by atoms with E-state index in [1.807, 2.05) is 24.3 Å². The molecule has 0 saturated heterocycles. The molecule has 3 nitrogen and oxygen atoms in total. The van der Waals surface area contributed by atoms with Crippen LogP contribution in [0, 0.1) is 5.41 Å². The zero-order valence-corrected chi connectivity index (χ0v) is 11.9. The van der Waals surface area contributed by atoms with E-state index in [2.05, 4.69) is 5.32 Å². The Labute approximate surface area is 120 Å². The molecule has 0 radical (unpaired) electrons. The third-order valence-corrected chi connectivity index (χ3v) is 5.33. The predicted molar refractivity (Wildman–Crippen MR) is 77.9 cm³/mol. The Kier molecular flexibility index (Phi) is 3.25. The lowest BCUT2D eigenvalue weighted by atomic mass is 10.1. The van der Waals surface area contributed by atoms with E-state index in [1.54, 1.807) is 0 Å². The van der Waals surface area contributed by atoms with Crippen molar-refractivity contribution in [2.75, 3.05) is 13.2 Å². The fourth-order valence-corrected chi connectivity index (χ4v) is 3.51. The Morgan fingerprint density at radius 1 is 1.42 bits per heavy atom. The summed E-state index contributed by atoms with van der Waals surface area (Å²) in [6.07, 6.45) is 1.95. The van der Waals surface area contributed by atoms with Crippen molar-refractivity contribution in [2.24, 2.45) is 5.41 Å². The fraction of sp³-hybridized carbons (Fsp3) is 0.357. The molecule has 1 aliphatic carbocycles. The minimum absolute atomic E-state index is 0.0845. The number of hydrogen-bond acceptors (Lipinski definition) is 3. The van der Waals surface area contributed by atoms with Gasteiger partial charge in [-0.3, -0.25) is 4.79 Å². The average molecular weight is 296 g/mol. The number of amides is 1. The van der Waals surface area contributed by atoms with Crippen molar-refractivity contribution in [1.82, 2.24) is 5.32 Å². The molecule has 1 fully saturated rings. The summed E-state index contributed by atoms with van der Waals surface area (Å²) in [6.45, 7) is 0.653. The van der Waals surface area contributed by atoms with E-state index >= 15 is 0 Å². The van der Waals surface area contributed by atoms with E-state index in [0.29, 0.717) is 16.4 Å². The van der Waals surface area contributed by atoms with Gasteiger partial charge in [-0.15, -0.1) is 11.3 Å². The van der Waals surface area contributed by atoms with Crippen LogP contribution in [-0.4, -0.2) is 24.2 Å². The number of carbonyl (C=O) groups is 1. The van der Waals surface area contributed by atoms with Crippen LogP contribution in [-0.2, 0) is 0 Å². The highest BCUT2D eigenvalue weighted by Gasteiger charge is 2.42. The second-order valence-electron chi connectivity index (χ2n) is 5.08. The lowest BCUT2D eigenvalue weighted by Gasteiger charge is -2.12. The summed E-state index contributed by atoms with van der Waals surface area (Å²) in [5.41, 5.74) is -0.0845. The summed E-state index contributed by atoms with van der Waals surface area (Å²) in [7, 11) is 0. The predicted octanol–water partition coefficient (Wildman–Crippen LogP) is 3.06. The number of nitrogens with one attached hydrogen (secondary N) is 1. The number of rotatable bonds is 4. The molecule has 0 atom stereocenters. The lowest BCUT2D eigenvalue weighted by molar-refractivity contribution is 0.0939. The average Bonchev–Trinajstić information content (AvgIpc) is 3.15. The molecule has 0 unspecified atom stereocenters. The molecule has 1 amide bonds. The second kappa shape index (κ2) is 4.78. The fourth-order valence-electron chi connectivity index (χ4n) is 2.08. The molecule has 100 valence electrons. The molecular weight excluding hydrogens is 282 g/mol. The van der Waals surface area contributed by atoms with Crippen molar-refractivity contribution in [3.8, 4) is 0 Å². The van der Waals surface area contributed by atoms with Crippen LogP contribution in [0.3, 0.4) is 0 Å². The first kappa shape index (κ1) is 12.9. The van der Waals surface area contributed by atoms with Crippen molar-refractivity contribution >= 4 is 38.9 Å². The Morgan fingerprint density at radius 2 is 2.16 bits per heavy atom. The molecule has 19 heavy (non-hydrogen) atoms. The molecule has 0 aliphatic heterocycles. The first-order valence-corrected chi connectivity index (χ1v) is 7.41. The SMILES string of the molecule is O=C(NCC1(CO)CC1)c1sc2ccccc2c1Cl. The second-order valence-corrected chi connectivity index (χ2v) is 6.51. The number of benzene rings is 1. The number of fused-ring (bicyclic) bond motifs is 1. The molecule has 1 heterocycles. The van der Waals surface area contributed by atoms with Gasteiger partial charge in [-0.25, -0.2) is 0 Å². The van der Waals surface area contributed by atoms with Gasteiger partial charge in [0.15, 0.2) is 0 Å². The van der Waals surface area contributed by atoms with E-state index in [4.69, 9.17) is 11.6 Å². The van der Waals surface area contributed by atoms with Crippen LogP contribution in [0.4, 0.5) is 0 Å². The van der Waals surface area contributed by atoms with Gasteiger partial charge in [0.05, 0.1) is 11.6 Å². The quantitative estimate of drug-likeness (QED) is 0.911. The van der Waals surface area contributed by atoms with Crippen molar-refractivity contribution in [3.05, 3.63) is 34.2 Å². The van der Waals surface area contributed by atoms with E-state index in [9.17, 15) is 9.90 Å². The summed E-state index contributed by atoms with van der Waals surface area (Å²) >= 11 is 7.66. The maximum absolute atomic E-state index is 12.2. The van der Waals surface area contributed by atoms with Crippen LogP contribution in [0.15, 0.2) is 24.3 Å². The smallest absolute Gasteiger partial charge is 0.262 e. The Morgan fingerprint density at radius 3 is 2.79 bits per heavy atom. The molecule has 2 N–H and O–H groups in total. The first-order valence-electron chi connectivity index (χ1n) is 6.21. The van der Waals surface area contributed by atoms with Crippen LogP contribution in [0.25, 0.3) is 10.1 Å². The molecule has 1 saturated carbocycles. The number of thiophene rings is 1. The van der Waals surface area contributed by atoms with Crippen LogP contribution in [0.1, 0.15) is 22.5 Å². The van der Waals surface area contributed by atoms with Crippen molar-refractivity contribution in [2.45, 2.75) is 12.8 Å². The van der Waals surface area contributed by atoms with Crippen molar-refractivity contribution < 1.29 is 9.90 Å². The monoisotopic (exact) mass is 295 g/mol. The Bertz CT molecular complexity index is 633. The molecule has 0 spiro atoms. The molecule has 0 bridgehead atoms. The normalized spacial score (nSPS) is 16.5. The summed E-state index contributed by atoms with van der Waals surface area (Å²) in [5.74, 6) is -0.147. The number of aliphatic hydroxyl groups is 1. The van der Waals surface area contributed by atoms with Gasteiger partial charge in [-0.2, -0.15) is 0 Å². The molecule has 2 aromatic rings. The summed E-state index contributed by atoms with van der Waals surface area (Å²) in [5, 5.41) is 13.6. The van der Waals surface area contributed by atoms with Gasteiger partial charge >= 0.3 is 0 Å². The number of aliphatic hydroxyl groups excluding tert-OH is 1. The lowest BCUT2D eigenvalue weighted by Crippen LogP contribution is -2.31. The Balaban J connectivity index is 1.80. The highest BCUT2D eigenvalue weighted by Crippen LogP contribution is 2.44. The summed E-state index contributed by atoms with van der Waals surface area (Å²) in [4.78, 5) is 12.7. The first-order chi connectivity index (χ1) is 9.15. The minimum Gasteiger partial charge on any atom is -0.396 e. The topological polar surface area (TPSA) is 49.3 Å². The van der Waals surface area contributed by atoms with Crippen molar-refractivity contribution in [3.63, 3.8) is 0 Å². The standard InChI is InChI=1S/C14H14ClNO2S/c15-11-9-3-1-2-4-10(9)19-12(11)13(18)16-7-14(8-17)5-6-14/h1-4,17H,5-8H2,(H,16,18). The number of halogens is 1. The highest BCUT2D eigenvalue weighted by atomic mass is 35.5. The van der Waals surface area contributed by atoms with Gasteiger partial charge < -0.3 is 10.4 Å². The summed E-state index contributed by atoms with van der Waals surface area (Å²) in [6, 6.07) is 7.72. The van der Waals surface area contributed by atoms with E-state index in [-0.39, 0.29) is 17.9 Å². The van der Waals surface area contributed by atoms with Gasteiger partial charge in [0.25, 0.3) is 5.91 Å². The number of hydrogen-bond donors (Lipinski definition) is 2. The third kappa shape index (κ3) is 2.36. The van der Waals surface area contributed by atoms with E-state index < -0.39 is 0 Å². The molecule has 5 heteroatoms. The Hall–Kier alpha value is -1.10. The van der Waals surface area contributed by atoms with Gasteiger partial charge in [-0.1, -0.05) is 29.8 Å². The van der Waals surface area contributed by atoms with E-state index in [0.717, 1.165) is 22.9 Å². The van der Waals surface area contributed by atoms with Crippen molar-refractivity contribution in [1.29, 1.82) is 0 Å². The van der Waals surface area contributed by atoms with Crippen LogP contribution >= 0.6 is 22.9 Å². The molecule has 1 aromatic carbocycles. The van der Waals surface area contributed by atoms with Crippen LogP contribution in [0.5, 0.6) is 0 Å². The zero-order valence-electron chi connectivity index (χ0n) is 10.3. The largest absolute Gasteiger partial charge is 0.396 e. The zero-order chi connectivity index (χ0) is 13.5. The van der Waals surface area contributed by atoms with Gasteiger partial charge in [0, 0.05) is 22.0 Å². The van der Waals surface area contributed by atoms with Gasteiger partial charge in [-0.05, 0) is 18.9 Å². The minimum atomic E-state index is -0.147. The maximum atomic E-state index is 12.2. The number of carbonyl (C=O) groups excluding carboxylic acids is 1. The molecule has 1 aromatic heterocycles. The van der Waals surface area contributed by atoms with Crippen LogP contribution in [0.2, 0.25) is 5.02 Å². The molecule has 3 rings (SSSR count).